The molecule has 1 rings (SSSR count). The van der Waals surface area contributed by atoms with E-state index in [1.165, 1.54) is 12.0 Å². The molecule has 0 aromatic heterocycles. The number of rotatable bonds is 6. The molecule has 0 saturated carbocycles. The molecule has 0 unspecified atom stereocenters. The summed E-state index contributed by atoms with van der Waals surface area (Å²) in [5.74, 6) is -0.788. The lowest BCUT2D eigenvalue weighted by Crippen LogP contribution is -2.45. The molecule has 0 fully saturated rings. The van der Waals surface area contributed by atoms with Gasteiger partial charge in [0.2, 0.25) is 5.91 Å². The standard InChI is InChI=1S/C20H29NO4S/c1-13-9-8-10-14(2)18(13)21(15(3)19(24)25-7)16(22)12-26-17(23)11-20(4,5)6/h8-10,15H,11-12H2,1-7H3/t15-/m0/s1. The molecule has 1 aromatic rings. The smallest absolute Gasteiger partial charge is 0.328 e. The van der Waals surface area contributed by atoms with Crippen LogP contribution < -0.4 is 4.90 Å². The van der Waals surface area contributed by atoms with Gasteiger partial charge in [-0.25, -0.2) is 4.79 Å². The van der Waals surface area contributed by atoms with E-state index in [1.54, 1.807) is 6.92 Å². The van der Waals surface area contributed by atoms with Crippen LogP contribution in [0.25, 0.3) is 0 Å². The maximum atomic E-state index is 12.9. The molecule has 26 heavy (non-hydrogen) atoms. The summed E-state index contributed by atoms with van der Waals surface area (Å²) in [5.41, 5.74) is 2.35. The fraction of sp³-hybridized carbons (Fsp3) is 0.550. The molecule has 1 atom stereocenters. The van der Waals surface area contributed by atoms with E-state index >= 15 is 0 Å². The summed E-state index contributed by atoms with van der Waals surface area (Å²) in [7, 11) is 1.30. The van der Waals surface area contributed by atoms with Crippen LogP contribution in [0.3, 0.4) is 0 Å². The topological polar surface area (TPSA) is 63.7 Å². The number of carbonyl (C=O) groups is 3. The number of anilines is 1. The normalized spacial score (nSPS) is 12.4. The number of hydrogen-bond donors (Lipinski definition) is 0. The lowest BCUT2D eigenvalue weighted by Gasteiger charge is -2.30. The minimum atomic E-state index is -0.773. The van der Waals surface area contributed by atoms with Gasteiger partial charge in [-0.15, -0.1) is 0 Å². The summed E-state index contributed by atoms with van der Waals surface area (Å²) < 4.78 is 4.83. The number of esters is 1. The molecule has 0 bridgehead atoms. The SMILES string of the molecule is COC(=O)[C@H](C)N(C(=O)CSC(=O)CC(C)(C)C)c1c(C)cccc1C. The second kappa shape index (κ2) is 9.21. The van der Waals surface area contributed by atoms with Gasteiger partial charge in [0.15, 0.2) is 5.12 Å². The first-order chi connectivity index (χ1) is 12.0. The van der Waals surface area contributed by atoms with Crippen molar-refractivity contribution in [3.05, 3.63) is 29.3 Å². The number of nitrogens with zero attached hydrogens (tertiary/aromatic N) is 1. The van der Waals surface area contributed by atoms with E-state index < -0.39 is 12.0 Å². The lowest BCUT2D eigenvalue weighted by atomic mass is 9.93. The van der Waals surface area contributed by atoms with Gasteiger partial charge in [-0.2, -0.15) is 0 Å². The Labute approximate surface area is 160 Å². The molecule has 0 aliphatic rings. The fourth-order valence-corrected chi connectivity index (χ4v) is 3.65. The number of benzene rings is 1. The third kappa shape index (κ3) is 6.16. The first-order valence-corrected chi connectivity index (χ1v) is 9.58. The average Bonchev–Trinajstić information content (AvgIpc) is 2.53. The monoisotopic (exact) mass is 379 g/mol. The summed E-state index contributed by atoms with van der Waals surface area (Å²) >= 11 is 1.00. The number of thioether (sulfide) groups is 1. The number of methoxy groups -OCH3 is 1. The number of para-hydroxylation sites is 1. The quantitative estimate of drug-likeness (QED) is 0.702. The minimum absolute atomic E-state index is 0.00990. The van der Waals surface area contributed by atoms with Crippen molar-refractivity contribution in [2.45, 2.75) is 54.0 Å². The molecule has 0 aliphatic heterocycles. The maximum absolute atomic E-state index is 12.9. The van der Waals surface area contributed by atoms with Crippen molar-refractivity contribution in [2.75, 3.05) is 17.8 Å². The number of aryl methyl sites for hydroxylation is 2. The van der Waals surface area contributed by atoms with Crippen molar-refractivity contribution in [2.24, 2.45) is 5.41 Å². The van der Waals surface area contributed by atoms with Gasteiger partial charge in [-0.3, -0.25) is 14.5 Å². The first kappa shape index (κ1) is 22.2. The molecule has 144 valence electrons. The third-order valence-corrected chi connectivity index (χ3v) is 4.77. The van der Waals surface area contributed by atoms with Crippen molar-refractivity contribution >= 4 is 34.4 Å². The summed E-state index contributed by atoms with van der Waals surface area (Å²) in [6.07, 6.45) is 0.390. The van der Waals surface area contributed by atoms with Crippen molar-refractivity contribution in [3.63, 3.8) is 0 Å². The Morgan fingerprint density at radius 3 is 2.15 bits per heavy atom. The highest BCUT2D eigenvalue weighted by atomic mass is 32.2. The van der Waals surface area contributed by atoms with E-state index in [2.05, 4.69) is 0 Å². The Hall–Kier alpha value is -1.82. The van der Waals surface area contributed by atoms with Crippen molar-refractivity contribution < 1.29 is 19.1 Å². The van der Waals surface area contributed by atoms with Crippen LogP contribution in [-0.2, 0) is 19.1 Å². The van der Waals surface area contributed by atoms with Crippen LogP contribution in [0, 0.1) is 19.3 Å². The molecule has 1 amide bonds. The van der Waals surface area contributed by atoms with Crippen LogP contribution in [0.15, 0.2) is 18.2 Å². The van der Waals surface area contributed by atoms with Gasteiger partial charge in [0.1, 0.15) is 6.04 Å². The molecular formula is C20H29NO4S. The van der Waals surface area contributed by atoms with Crippen LogP contribution >= 0.6 is 11.8 Å². The van der Waals surface area contributed by atoms with Crippen molar-refractivity contribution in [1.29, 1.82) is 0 Å². The zero-order chi connectivity index (χ0) is 20.1. The molecule has 0 aliphatic carbocycles. The van der Waals surface area contributed by atoms with E-state index in [9.17, 15) is 14.4 Å². The lowest BCUT2D eigenvalue weighted by molar-refractivity contribution is -0.142. The Morgan fingerprint density at radius 1 is 1.15 bits per heavy atom. The Balaban J connectivity index is 3.08. The van der Waals surface area contributed by atoms with Gasteiger partial charge >= 0.3 is 5.97 Å². The van der Waals surface area contributed by atoms with Gasteiger partial charge in [-0.1, -0.05) is 50.7 Å². The second-order valence-corrected chi connectivity index (χ2v) is 8.63. The van der Waals surface area contributed by atoms with Crippen LogP contribution in [-0.4, -0.2) is 35.9 Å². The number of ether oxygens (including phenoxy) is 1. The number of amides is 1. The van der Waals surface area contributed by atoms with Gasteiger partial charge in [0.25, 0.3) is 0 Å². The molecule has 1 aromatic carbocycles. The summed E-state index contributed by atoms with van der Waals surface area (Å²) in [5, 5.41) is -0.0296. The van der Waals surface area contributed by atoms with Gasteiger partial charge in [-0.05, 0) is 37.3 Å². The largest absolute Gasteiger partial charge is 0.467 e. The molecule has 0 N–H and O–H groups in total. The van der Waals surface area contributed by atoms with Gasteiger partial charge in [0.05, 0.1) is 18.6 Å². The van der Waals surface area contributed by atoms with E-state index in [0.717, 1.165) is 22.9 Å². The van der Waals surface area contributed by atoms with E-state index in [4.69, 9.17) is 4.74 Å². The van der Waals surface area contributed by atoms with E-state index in [0.29, 0.717) is 12.1 Å². The molecular weight excluding hydrogens is 350 g/mol. The van der Waals surface area contributed by atoms with Crippen LogP contribution in [0.5, 0.6) is 0 Å². The van der Waals surface area contributed by atoms with Crippen LogP contribution in [0.2, 0.25) is 0 Å². The molecule has 0 heterocycles. The van der Waals surface area contributed by atoms with Crippen molar-refractivity contribution in [3.8, 4) is 0 Å². The molecule has 6 heteroatoms. The van der Waals surface area contributed by atoms with E-state index in [-0.39, 0.29) is 22.2 Å². The molecule has 0 radical (unpaired) electrons. The second-order valence-electron chi connectivity index (χ2n) is 7.60. The third-order valence-electron chi connectivity index (χ3n) is 3.91. The van der Waals surface area contributed by atoms with Crippen LogP contribution in [0.4, 0.5) is 5.69 Å². The summed E-state index contributed by atoms with van der Waals surface area (Å²) in [4.78, 5) is 38.6. The van der Waals surface area contributed by atoms with Gasteiger partial charge in [0, 0.05) is 6.42 Å². The minimum Gasteiger partial charge on any atom is -0.467 e. The van der Waals surface area contributed by atoms with Crippen LogP contribution in [0.1, 0.15) is 45.2 Å². The average molecular weight is 380 g/mol. The van der Waals surface area contributed by atoms with Gasteiger partial charge < -0.3 is 4.74 Å². The van der Waals surface area contributed by atoms with Crippen molar-refractivity contribution in [1.82, 2.24) is 0 Å². The Bertz CT molecular complexity index is 659. The summed E-state index contributed by atoms with van der Waals surface area (Å²) in [6, 6.07) is 4.92. The Morgan fingerprint density at radius 2 is 1.69 bits per heavy atom. The van der Waals surface area contributed by atoms with E-state index in [1.807, 2.05) is 52.8 Å². The molecule has 0 saturated heterocycles. The Kier molecular flexibility index (Phi) is 7.87. The zero-order valence-electron chi connectivity index (χ0n) is 16.7. The molecule has 5 nitrogen and oxygen atoms in total. The number of hydrogen-bond acceptors (Lipinski definition) is 5. The number of carbonyl (C=O) groups excluding carboxylic acids is 3. The zero-order valence-corrected chi connectivity index (χ0v) is 17.5. The predicted molar refractivity (Wildman–Crippen MR) is 106 cm³/mol. The molecule has 0 spiro atoms. The fourth-order valence-electron chi connectivity index (χ4n) is 2.69. The first-order valence-electron chi connectivity index (χ1n) is 8.59. The summed E-state index contributed by atoms with van der Waals surface area (Å²) in [6.45, 7) is 11.4. The predicted octanol–water partition coefficient (Wildman–Crippen LogP) is 3.89. The highest BCUT2D eigenvalue weighted by Gasteiger charge is 2.30. The maximum Gasteiger partial charge on any atom is 0.328 e. The highest BCUT2D eigenvalue weighted by molar-refractivity contribution is 8.14. The highest BCUT2D eigenvalue weighted by Crippen LogP contribution is 2.28.